The maximum Gasteiger partial charge on any atom is 0.243 e. The summed E-state index contributed by atoms with van der Waals surface area (Å²) in [5, 5.41) is 10.7. The average molecular weight is 492 g/mol. The van der Waals surface area contributed by atoms with Crippen LogP contribution in [0, 0.1) is 5.92 Å². The number of nitrogens with zero attached hydrogens (tertiary/aromatic N) is 3. The zero-order valence-electron chi connectivity index (χ0n) is 20.3. The fourth-order valence-electron chi connectivity index (χ4n) is 4.23. The molecule has 0 amide bonds. The van der Waals surface area contributed by atoms with E-state index in [0.717, 1.165) is 22.2 Å². The number of benzene rings is 3. The highest BCUT2D eigenvalue weighted by Gasteiger charge is 2.28. The standard InChI is InChI=1S/C28H33N3O3S/c1-22(2)18-31(20-25(32)14-13-23-9-5-3-6-10-23)35(33,34)26-15-16-27-28(17-26)30(21-29-27)19-24-11-7-4-8-12-24/h3-12,15-17,21-22,25,32H,13-14,18-20H2,1-2H3/t25-/m1/s1. The van der Waals surface area contributed by atoms with Gasteiger partial charge in [0, 0.05) is 19.6 Å². The second kappa shape index (κ2) is 11.2. The van der Waals surface area contributed by atoms with Gasteiger partial charge >= 0.3 is 0 Å². The van der Waals surface area contributed by atoms with E-state index in [4.69, 9.17) is 0 Å². The average Bonchev–Trinajstić information content (AvgIpc) is 3.25. The van der Waals surface area contributed by atoms with Crippen molar-refractivity contribution in [3.63, 3.8) is 0 Å². The SMILES string of the molecule is CC(C)CN(C[C@H](O)CCc1ccccc1)S(=O)(=O)c1ccc2ncn(Cc3ccccc3)c2c1. The number of imidazole rings is 1. The van der Waals surface area contributed by atoms with E-state index < -0.39 is 16.1 Å². The van der Waals surface area contributed by atoms with Gasteiger partial charge in [-0.05, 0) is 48.1 Å². The lowest BCUT2D eigenvalue weighted by molar-refractivity contribution is 0.133. The van der Waals surface area contributed by atoms with Gasteiger partial charge < -0.3 is 9.67 Å². The van der Waals surface area contributed by atoms with Crippen LogP contribution in [0.15, 0.2) is 90.1 Å². The van der Waals surface area contributed by atoms with Gasteiger partial charge in [-0.3, -0.25) is 0 Å². The van der Waals surface area contributed by atoms with Crippen LogP contribution < -0.4 is 0 Å². The minimum Gasteiger partial charge on any atom is -0.392 e. The summed E-state index contributed by atoms with van der Waals surface area (Å²) < 4.78 is 30.8. The van der Waals surface area contributed by atoms with Gasteiger partial charge in [-0.1, -0.05) is 74.5 Å². The Balaban J connectivity index is 1.56. The summed E-state index contributed by atoms with van der Waals surface area (Å²) in [5.74, 6) is 0.124. The number of sulfonamides is 1. The summed E-state index contributed by atoms with van der Waals surface area (Å²) in [7, 11) is -3.80. The fraction of sp³-hybridized carbons (Fsp3) is 0.321. The Labute approximate surface area is 207 Å². The van der Waals surface area contributed by atoms with E-state index in [0.29, 0.717) is 25.9 Å². The molecule has 0 aliphatic heterocycles. The number of aryl methyl sites for hydroxylation is 1. The van der Waals surface area contributed by atoms with E-state index in [2.05, 4.69) is 4.98 Å². The van der Waals surface area contributed by atoms with Gasteiger partial charge in [0.05, 0.1) is 28.4 Å². The monoisotopic (exact) mass is 491 g/mol. The summed E-state index contributed by atoms with van der Waals surface area (Å²) >= 11 is 0. The molecule has 1 N–H and O–H groups in total. The second-order valence-corrected chi connectivity index (χ2v) is 11.3. The topological polar surface area (TPSA) is 75.4 Å². The second-order valence-electron chi connectivity index (χ2n) is 9.40. The summed E-state index contributed by atoms with van der Waals surface area (Å²) in [6.07, 6.45) is 2.18. The molecule has 0 aliphatic rings. The molecular weight excluding hydrogens is 458 g/mol. The molecule has 0 saturated heterocycles. The van der Waals surface area contributed by atoms with Crippen molar-refractivity contribution in [3.8, 4) is 0 Å². The molecular formula is C28H33N3O3S. The largest absolute Gasteiger partial charge is 0.392 e. The van der Waals surface area contributed by atoms with E-state index in [1.165, 1.54) is 4.31 Å². The Kier molecular flexibility index (Phi) is 8.00. The summed E-state index contributed by atoms with van der Waals surface area (Å²) in [6.45, 7) is 4.98. The van der Waals surface area contributed by atoms with Crippen LogP contribution in [0.3, 0.4) is 0 Å². The maximum atomic E-state index is 13.7. The predicted molar refractivity (Wildman–Crippen MR) is 140 cm³/mol. The first-order valence-electron chi connectivity index (χ1n) is 12.0. The van der Waals surface area contributed by atoms with Crippen LogP contribution in [0.1, 0.15) is 31.4 Å². The van der Waals surface area contributed by atoms with Crippen molar-refractivity contribution in [2.24, 2.45) is 5.92 Å². The predicted octanol–water partition coefficient (Wildman–Crippen LogP) is 4.73. The number of fused-ring (bicyclic) bond motifs is 1. The van der Waals surface area contributed by atoms with Crippen LogP contribution in [0.4, 0.5) is 0 Å². The number of aliphatic hydroxyl groups excluding tert-OH is 1. The number of aliphatic hydroxyl groups is 1. The number of hydrogen-bond donors (Lipinski definition) is 1. The molecule has 6 nitrogen and oxygen atoms in total. The molecule has 184 valence electrons. The fourth-order valence-corrected chi connectivity index (χ4v) is 5.90. The van der Waals surface area contributed by atoms with Crippen molar-refractivity contribution in [1.82, 2.24) is 13.9 Å². The minimum absolute atomic E-state index is 0.0641. The van der Waals surface area contributed by atoms with Gasteiger partial charge in [0.2, 0.25) is 10.0 Å². The Bertz CT molecular complexity index is 1340. The van der Waals surface area contributed by atoms with Gasteiger partial charge in [-0.15, -0.1) is 0 Å². The van der Waals surface area contributed by atoms with E-state index in [1.54, 1.807) is 24.5 Å². The molecule has 1 atom stereocenters. The molecule has 7 heteroatoms. The highest BCUT2D eigenvalue weighted by molar-refractivity contribution is 7.89. The Hall–Kier alpha value is -3.00. The van der Waals surface area contributed by atoms with Crippen LogP contribution in [-0.2, 0) is 23.0 Å². The molecule has 35 heavy (non-hydrogen) atoms. The molecule has 4 rings (SSSR count). The zero-order valence-corrected chi connectivity index (χ0v) is 21.1. The van der Waals surface area contributed by atoms with E-state index in [9.17, 15) is 13.5 Å². The van der Waals surface area contributed by atoms with Crippen LogP contribution in [0.25, 0.3) is 11.0 Å². The third-order valence-corrected chi connectivity index (χ3v) is 7.85. The number of hydrogen-bond acceptors (Lipinski definition) is 4. The van der Waals surface area contributed by atoms with Gasteiger partial charge in [0.1, 0.15) is 0 Å². The summed E-state index contributed by atoms with van der Waals surface area (Å²) in [4.78, 5) is 4.67. The number of aromatic nitrogens is 2. The number of rotatable bonds is 11. The molecule has 0 bridgehead atoms. The molecule has 0 saturated carbocycles. The molecule has 0 fully saturated rings. The molecule has 4 aromatic rings. The first-order chi connectivity index (χ1) is 16.8. The van der Waals surface area contributed by atoms with Crippen molar-refractivity contribution in [3.05, 3.63) is 96.3 Å². The summed E-state index contributed by atoms with van der Waals surface area (Å²) in [5.41, 5.74) is 3.76. The Morgan fingerprint density at radius 3 is 2.23 bits per heavy atom. The van der Waals surface area contributed by atoms with Crippen molar-refractivity contribution < 1.29 is 13.5 Å². The molecule has 0 spiro atoms. The molecule has 0 radical (unpaired) electrons. The highest BCUT2D eigenvalue weighted by atomic mass is 32.2. The van der Waals surface area contributed by atoms with Crippen LogP contribution >= 0.6 is 0 Å². The van der Waals surface area contributed by atoms with E-state index >= 15 is 0 Å². The van der Waals surface area contributed by atoms with Gasteiger partial charge in [-0.2, -0.15) is 4.31 Å². The Morgan fingerprint density at radius 2 is 1.57 bits per heavy atom. The third kappa shape index (κ3) is 6.36. The molecule has 1 heterocycles. The molecule has 3 aromatic carbocycles. The zero-order chi connectivity index (χ0) is 24.8. The lowest BCUT2D eigenvalue weighted by Gasteiger charge is -2.26. The Morgan fingerprint density at radius 1 is 0.914 bits per heavy atom. The van der Waals surface area contributed by atoms with E-state index in [-0.39, 0.29) is 17.4 Å². The van der Waals surface area contributed by atoms with E-state index in [1.807, 2.05) is 79.1 Å². The van der Waals surface area contributed by atoms with Crippen molar-refractivity contribution in [2.75, 3.05) is 13.1 Å². The molecule has 1 aromatic heterocycles. The lowest BCUT2D eigenvalue weighted by atomic mass is 10.1. The molecule has 0 unspecified atom stereocenters. The highest BCUT2D eigenvalue weighted by Crippen LogP contribution is 2.24. The van der Waals surface area contributed by atoms with Gasteiger partial charge in [0.15, 0.2) is 0 Å². The lowest BCUT2D eigenvalue weighted by Crippen LogP contribution is -2.40. The first kappa shape index (κ1) is 25.1. The van der Waals surface area contributed by atoms with Crippen molar-refractivity contribution >= 4 is 21.1 Å². The van der Waals surface area contributed by atoms with Crippen LogP contribution in [0.2, 0.25) is 0 Å². The molecule has 0 aliphatic carbocycles. The normalized spacial score (nSPS) is 13.1. The smallest absolute Gasteiger partial charge is 0.243 e. The van der Waals surface area contributed by atoms with Crippen LogP contribution in [0.5, 0.6) is 0 Å². The first-order valence-corrected chi connectivity index (χ1v) is 13.5. The van der Waals surface area contributed by atoms with Gasteiger partial charge in [0.25, 0.3) is 0 Å². The third-order valence-electron chi connectivity index (χ3n) is 6.02. The van der Waals surface area contributed by atoms with Gasteiger partial charge in [-0.25, -0.2) is 13.4 Å². The quantitative estimate of drug-likeness (QED) is 0.329. The van der Waals surface area contributed by atoms with Crippen molar-refractivity contribution in [2.45, 2.75) is 44.2 Å². The maximum absolute atomic E-state index is 13.7. The summed E-state index contributed by atoms with van der Waals surface area (Å²) in [6, 6.07) is 25.0. The van der Waals surface area contributed by atoms with Crippen molar-refractivity contribution in [1.29, 1.82) is 0 Å². The van der Waals surface area contributed by atoms with Crippen LogP contribution in [-0.4, -0.2) is 46.6 Å². The minimum atomic E-state index is -3.80.